The maximum absolute atomic E-state index is 13.0. The number of carbonyl (C=O) groups excluding carboxylic acids is 2. The second kappa shape index (κ2) is 8.49. The van der Waals surface area contributed by atoms with E-state index in [1.165, 1.54) is 40.3 Å². The number of thiophene rings is 1. The monoisotopic (exact) mass is 401 g/mol. The van der Waals surface area contributed by atoms with Crippen molar-refractivity contribution in [1.29, 1.82) is 0 Å². The minimum Gasteiger partial charge on any atom is -0.481 e. The second-order valence-corrected chi connectivity index (χ2v) is 6.77. The predicted molar refractivity (Wildman–Crippen MR) is 103 cm³/mol. The summed E-state index contributed by atoms with van der Waals surface area (Å²) in [6, 6.07) is 12.2. The van der Waals surface area contributed by atoms with Gasteiger partial charge >= 0.3 is 17.8 Å². The molecular formula is C19H16FN3O4S. The predicted octanol–water partition coefficient (Wildman–Crippen LogP) is 3.08. The largest absolute Gasteiger partial charge is 0.481 e. The third-order valence-electron chi connectivity index (χ3n) is 3.85. The summed E-state index contributed by atoms with van der Waals surface area (Å²) in [6.07, 6.45) is 0.0616. The number of aryl methyl sites for hydroxylation is 1. The van der Waals surface area contributed by atoms with Crippen LogP contribution >= 0.6 is 11.3 Å². The molecule has 0 unspecified atom stereocenters. The van der Waals surface area contributed by atoms with Crippen molar-refractivity contribution < 1.29 is 23.9 Å². The van der Waals surface area contributed by atoms with Gasteiger partial charge in [-0.1, -0.05) is 6.07 Å². The lowest BCUT2D eigenvalue weighted by Crippen LogP contribution is -2.35. The van der Waals surface area contributed by atoms with Gasteiger partial charge in [-0.15, -0.1) is 11.3 Å². The van der Waals surface area contributed by atoms with Gasteiger partial charge in [-0.25, -0.2) is 4.39 Å². The van der Waals surface area contributed by atoms with Gasteiger partial charge in [0.05, 0.1) is 17.0 Å². The van der Waals surface area contributed by atoms with E-state index in [9.17, 15) is 18.8 Å². The molecule has 0 radical (unpaired) electrons. The Balaban J connectivity index is 1.79. The molecule has 0 aliphatic carbocycles. The summed E-state index contributed by atoms with van der Waals surface area (Å²) in [5.41, 5.74) is 3.97. The SMILES string of the molecule is O=C(O)CCc1ccc(-c2cccs2)n1NC(=O)C(=O)Nc1ccc(F)cc1. The highest BCUT2D eigenvalue weighted by Gasteiger charge is 2.19. The molecule has 1 aromatic carbocycles. The number of amides is 2. The fourth-order valence-corrected chi connectivity index (χ4v) is 3.27. The van der Waals surface area contributed by atoms with Gasteiger partial charge in [0.1, 0.15) is 5.82 Å². The number of aliphatic carboxylic acids is 1. The molecule has 0 aliphatic heterocycles. The van der Waals surface area contributed by atoms with Crippen LogP contribution in [0.3, 0.4) is 0 Å². The number of aromatic nitrogens is 1. The standard InChI is InChI=1S/C19H16FN3O4S/c20-12-3-5-13(6-4-12)21-18(26)19(27)22-23-14(8-10-17(24)25)7-9-15(23)16-2-1-11-28-16/h1-7,9,11H,8,10H2,(H,21,26)(H,22,27)(H,24,25). The summed E-state index contributed by atoms with van der Waals surface area (Å²) in [5, 5.41) is 13.2. The van der Waals surface area contributed by atoms with Gasteiger partial charge in [-0.3, -0.25) is 24.5 Å². The van der Waals surface area contributed by atoms with Crippen LogP contribution in [-0.4, -0.2) is 27.6 Å². The number of hydrogen-bond donors (Lipinski definition) is 3. The molecule has 3 N–H and O–H groups in total. The number of benzene rings is 1. The Hall–Kier alpha value is -3.46. The summed E-state index contributed by atoms with van der Waals surface area (Å²) in [4.78, 5) is 36.3. The van der Waals surface area contributed by atoms with E-state index < -0.39 is 23.6 Å². The lowest BCUT2D eigenvalue weighted by molar-refractivity contribution is -0.137. The Bertz CT molecular complexity index is 997. The van der Waals surface area contributed by atoms with Crippen molar-refractivity contribution in [3.05, 3.63) is 65.4 Å². The topological polar surface area (TPSA) is 100 Å². The second-order valence-electron chi connectivity index (χ2n) is 5.82. The van der Waals surface area contributed by atoms with Gasteiger partial charge in [-0.05, 0) is 47.8 Å². The van der Waals surface area contributed by atoms with E-state index >= 15 is 0 Å². The molecule has 0 fully saturated rings. The minimum atomic E-state index is -0.967. The highest BCUT2D eigenvalue weighted by molar-refractivity contribution is 7.13. The molecule has 2 aromatic heterocycles. The van der Waals surface area contributed by atoms with E-state index in [2.05, 4.69) is 10.7 Å². The van der Waals surface area contributed by atoms with Crippen LogP contribution in [0, 0.1) is 5.82 Å². The van der Waals surface area contributed by atoms with Crippen molar-refractivity contribution in [2.45, 2.75) is 12.8 Å². The molecule has 3 rings (SSSR count). The van der Waals surface area contributed by atoms with Crippen LogP contribution in [0.2, 0.25) is 0 Å². The third kappa shape index (κ3) is 4.63. The first-order valence-corrected chi connectivity index (χ1v) is 9.16. The first-order chi connectivity index (χ1) is 13.4. The number of carbonyl (C=O) groups is 3. The molecule has 0 bridgehead atoms. The Morgan fingerprint density at radius 2 is 1.79 bits per heavy atom. The zero-order chi connectivity index (χ0) is 20.1. The molecule has 2 heterocycles. The van der Waals surface area contributed by atoms with Crippen molar-refractivity contribution in [2.75, 3.05) is 10.7 Å². The first-order valence-electron chi connectivity index (χ1n) is 8.28. The molecule has 9 heteroatoms. The van der Waals surface area contributed by atoms with E-state index in [0.29, 0.717) is 11.4 Å². The Kier molecular flexibility index (Phi) is 5.85. The number of carboxylic acids is 1. The summed E-state index contributed by atoms with van der Waals surface area (Å²) in [7, 11) is 0. The number of nitrogens with one attached hydrogen (secondary N) is 2. The summed E-state index contributed by atoms with van der Waals surface area (Å²) in [5.74, 6) is -3.29. The smallest absolute Gasteiger partial charge is 0.328 e. The molecule has 0 saturated heterocycles. The Morgan fingerprint density at radius 3 is 2.43 bits per heavy atom. The van der Waals surface area contributed by atoms with Crippen LogP contribution < -0.4 is 10.7 Å². The number of hydrogen-bond acceptors (Lipinski definition) is 4. The number of carboxylic acid groups (broad SMARTS) is 1. The van der Waals surface area contributed by atoms with Crippen LogP contribution in [0.4, 0.5) is 10.1 Å². The fourth-order valence-electron chi connectivity index (χ4n) is 2.53. The first kappa shape index (κ1) is 19.3. The normalized spacial score (nSPS) is 10.5. The minimum absolute atomic E-state index is 0.120. The molecule has 0 atom stereocenters. The van der Waals surface area contributed by atoms with Gasteiger partial charge in [0.25, 0.3) is 0 Å². The number of halogens is 1. The van der Waals surface area contributed by atoms with E-state index in [0.717, 1.165) is 4.88 Å². The quantitative estimate of drug-likeness (QED) is 0.553. The molecule has 0 spiro atoms. The van der Waals surface area contributed by atoms with Crippen LogP contribution in [-0.2, 0) is 20.8 Å². The van der Waals surface area contributed by atoms with Crippen molar-refractivity contribution in [1.82, 2.24) is 4.68 Å². The van der Waals surface area contributed by atoms with Crippen molar-refractivity contribution >= 4 is 34.8 Å². The fraction of sp³-hybridized carbons (Fsp3) is 0.105. The van der Waals surface area contributed by atoms with Gasteiger partial charge in [0.15, 0.2) is 0 Å². The van der Waals surface area contributed by atoms with E-state index in [1.807, 2.05) is 17.5 Å². The lowest BCUT2D eigenvalue weighted by atomic mass is 10.2. The Labute approximate surface area is 163 Å². The summed E-state index contributed by atoms with van der Waals surface area (Å²) < 4.78 is 14.4. The van der Waals surface area contributed by atoms with Crippen molar-refractivity contribution in [3.63, 3.8) is 0 Å². The van der Waals surface area contributed by atoms with Gasteiger partial charge in [0.2, 0.25) is 0 Å². The van der Waals surface area contributed by atoms with Gasteiger partial charge < -0.3 is 10.4 Å². The molecular weight excluding hydrogens is 385 g/mol. The average Bonchev–Trinajstić information content (AvgIpc) is 3.31. The summed E-state index contributed by atoms with van der Waals surface area (Å²) in [6.45, 7) is 0. The van der Waals surface area contributed by atoms with E-state index in [-0.39, 0.29) is 18.5 Å². The molecule has 2 amide bonds. The van der Waals surface area contributed by atoms with Crippen molar-refractivity contribution in [3.8, 4) is 10.6 Å². The zero-order valence-corrected chi connectivity index (χ0v) is 15.3. The highest BCUT2D eigenvalue weighted by Crippen LogP contribution is 2.26. The molecule has 7 nitrogen and oxygen atoms in total. The average molecular weight is 401 g/mol. The maximum atomic E-state index is 13.0. The number of nitrogens with zero attached hydrogens (tertiary/aromatic N) is 1. The number of anilines is 1. The van der Waals surface area contributed by atoms with Crippen molar-refractivity contribution in [2.24, 2.45) is 0 Å². The van der Waals surface area contributed by atoms with Gasteiger partial charge in [0, 0.05) is 17.8 Å². The third-order valence-corrected chi connectivity index (χ3v) is 4.74. The zero-order valence-electron chi connectivity index (χ0n) is 14.5. The van der Waals surface area contributed by atoms with E-state index in [4.69, 9.17) is 5.11 Å². The van der Waals surface area contributed by atoms with E-state index in [1.54, 1.807) is 12.1 Å². The van der Waals surface area contributed by atoms with Crippen LogP contribution in [0.1, 0.15) is 12.1 Å². The maximum Gasteiger partial charge on any atom is 0.328 e. The molecule has 28 heavy (non-hydrogen) atoms. The van der Waals surface area contributed by atoms with Crippen LogP contribution in [0.5, 0.6) is 0 Å². The molecule has 3 aromatic rings. The Morgan fingerprint density at radius 1 is 1.04 bits per heavy atom. The number of rotatable bonds is 6. The molecule has 0 saturated carbocycles. The molecule has 0 aliphatic rings. The highest BCUT2D eigenvalue weighted by atomic mass is 32.1. The lowest BCUT2D eigenvalue weighted by Gasteiger charge is -2.14. The summed E-state index contributed by atoms with van der Waals surface area (Å²) >= 11 is 1.44. The van der Waals surface area contributed by atoms with Crippen LogP contribution in [0.25, 0.3) is 10.6 Å². The molecule has 144 valence electrons. The van der Waals surface area contributed by atoms with Crippen LogP contribution in [0.15, 0.2) is 53.9 Å². The van der Waals surface area contributed by atoms with Gasteiger partial charge in [-0.2, -0.15) is 0 Å².